The van der Waals surface area contributed by atoms with Crippen LogP contribution < -0.4 is 5.73 Å². The summed E-state index contributed by atoms with van der Waals surface area (Å²) >= 11 is 0. The first kappa shape index (κ1) is 26.8. The molecule has 0 amide bonds. The van der Waals surface area contributed by atoms with Crippen molar-refractivity contribution in [3.05, 3.63) is 0 Å². The molecule has 0 saturated heterocycles. The smallest absolute Gasteiger partial charge is 0.0593 e. The zero-order valence-corrected chi connectivity index (χ0v) is 19.1. The van der Waals surface area contributed by atoms with Gasteiger partial charge in [0.05, 0.1) is 13.2 Å². The SMILES string of the molecule is CCCCC(CC)(CN)CCC(C)COCCN(CCO)CCCC(C)C. The van der Waals surface area contributed by atoms with Crippen LogP contribution in [0, 0.1) is 17.3 Å². The summed E-state index contributed by atoms with van der Waals surface area (Å²) < 4.78 is 5.96. The van der Waals surface area contributed by atoms with E-state index in [2.05, 4.69) is 39.5 Å². The summed E-state index contributed by atoms with van der Waals surface area (Å²) in [5.74, 6) is 1.33. The molecule has 164 valence electrons. The van der Waals surface area contributed by atoms with Crippen LogP contribution in [-0.4, -0.2) is 56.0 Å². The maximum Gasteiger partial charge on any atom is 0.0593 e. The van der Waals surface area contributed by atoms with Gasteiger partial charge in [-0.2, -0.15) is 0 Å². The number of nitrogens with two attached hydrogens (primary N) is 1. The molecule has 0 radical (unpaired) electrons. The molecule has 0 aliphatic heterocycles. The lowest BCUT2D eigenvalue weighted by Gasteiger charge is -2.32. The minimum atomic E-state index is 0.230. The molecule has 0 fully saturated rings. The van der Waals surface area contributed by atoms with Crippen molar-refractivity contribution >= 4 is 0 Å². The molecule has 0 bridgehead atoms. The van der Waals surface area contributed by atoms with Crippen molar-refractivity contribution in [2.75, 3.05) is 46.0 Å². The lowest BCUT2D eigenvalue weighted by molar-refractivity contribution is 0.0688. The van der Waals surface area contributed by atoms with Crippen LogP contribution in [0.5, 0.6) is 0 Å². The highest BCUT2D eigenvalue weighted by molar-refractivity contribution is 4.79. The summed E-state index contributed by atoms with van der Waals surface area (Å²) in [5, 5.41) is 9.25. The molecule has 3 N–H and O–H groups in total. The van der Waals surface area contributed by atoms with Crippen molar-refractivity contribution in [3.63, 3.8) is 0 Å². The normalized spacial score (nSPS) is 15.4. The first-order valence-electron chi connectivity index (χ1n) is 11.5. The first-order chi connectivity index (χ1) is 12.9. The largest absolute Gasteiger partial charge is 0.395 e. The van der Waals surface area contributed by atoms with E-state index in [-0.39, 0.29) is 6.61 Å². The standard InChI is InChI=1S/C23H50N2O2/c1-6-8-12-23(7-2,20-24)13-11-22(5)19-27-18-16-25(15-17-26)14-9-10-21(3)4/h21-22,26H,6-20,24H2,1-5H3. The van der Waals surface area contributed by atoms with E-state index < -0.39 is 0 Å². The minimum absolute atomic E-state index is 0.230. The molecule has 0 saturated carbocycles. The second-order valence-electron chi connectivity index (χ2n) is 8.98. The van der Waals surface area contributed by atoms with E-state index in [1.54, 1.807) is 0 Å². The van der Waals surface area contributed by atoms with Crippen molar-refractivity contribution < 1.29 is 9.84 Å². The number of ether oxygens (including phenoxy) is 1. The number of aliphatic hydroxyl groups is 1. The summed E-state index contributed by atoms with van der Waals surface area (Å²) in [4.78, 5) is 2.33. The minimum Gasteiger partial charge on any atom is -0.395 e. The van der Waals surface area contributed by atoms with Crippen LogP contribution >= 0.6 is 0 Å². The fourth-order valence-corrected chi connectivity index (χ4v) is 3.69. The van der Waals surface area contributed by atoms with Crippen molar-refractivity contribution in [2.45, 2.75) is 86.0 Å². The average Bonchev–Trinajstić information content (AvgIpc) is 2.65. The predicted molar refractivity (Wildman–Crippen MR) is 118 cm³/mol. The Balaban J connectivity index is 4.05. The quantitative estimate of drug-likeness (QED) is 0.316. The average molecular weight is 387 g/mol. The molecule has 0 aromatic carbocycles. The third-order valence-corrected chi connectivity index (χ3v) is 6.04. The van der Waals surface area contributed by atoms with E-state index in [0.29, 0.717) is 11.3 Å². The Labute approximate surface area is 170 Å². The second-order valence-corrected chi connectivity index (χ2v) is 8.98. The number of nitrogens with zero attached hydrogens (tertiary/aromatic N) is 1. The molecular weight excluding hydrogens is 336 g/mol. The van der Waals surface area contributed by atoms with Gasteiger partial charge in [0.15, 0.2) is 0 Å². The van der Waals surface area contributed by atoms with Crippen molar-refractivity contribution in [1.82, 2.24) is 4.90 Å². The molecule has 0 aliphatic carbocycles. The van der Waals surface area contributed by atoms with Gasteiger partial charge in [0, 0.05) is 19.7 Å². The highest BCUT2D eigenvalue weighted by atomic mass is 16.5. The van der Waals surface area contributed by atoms with Crippen LogP contribution in [0.3, 0.4) is 0 Å². The molecule has 2 unspecified atom stereocenters. The van der Waals surface area contributed by atoms with E-state index in [9.17, 15) is 5.11 Å². The van der Waals surface area contributed by atoms with Gasteiger partial charge >= 0.3 is 0 Å². The highest BCUT2D eigenvalue weighted by Crippen LogP contribution is 2.34. The van der Waals surface area contributed by atoms with Gasteiger partial charge in [0.25, 0.3) is 0 Å². The number of rotatable bonds is 19. The van der Waals surface area contributed by atoms with Crippen LogP contribution in [0.25, 0.3) is 0 Å². The molecule has 0 aromatic rings. The van der Waals surface area contributed by atoms with E-state index in [4.69, 9.17) is 10.5 Å². The molecule has 4 heteroatoms. The van der Waals surface area contributed by atoms with Crippen molar-refractivity contribution in [1.29, 1.82) is 0 Å². The van der Waals surface area contributed by atoms with Crippen molar-refractivity contribution in [2.24, 2.45) is 23.0 Å². The lowest BCUT2D eigenvalue weighted by atomic mass is 9.75. The van der Waals surface area contributed by atoms with Gasteiger partial charge in [0.1, 0.15) is 0 Å². The van der Waals surface area contributed by atoms with Crippen molar-refractivity contribution in [3.8, 4) is 0 Å². The summed E-state index contributed by atoms with van der Waals surface area (Å²) in [6.45, 7) is 16.7. The molecular formula is C23H50N2O2. The van der Waals surface area contributed by atoms with Gasteiger partial charge in [-0.05, 0) is 68.9 Å². The molecule has 27 heavy (non-hydrogen) atoms. The van der Waals surface area contributed by atoms with Crippen LogP contribution in [0.4, 0.5) is 0 Å². The van der Waals surface area contributed by atoms with Gasteiger partial charge in [0.2, 0.25) is 0 Å². The predicted octanol–water partition coefficient (Wildman–Crippen LogP) is 4.70. The van der Waals surface area contributed by atoms with Gasteiger partial charge in [-0.1, -0.05) is 47.5 Å². The van der Waals surface area contributed by atoms with Gasteiger partial charge in [-0.3, -0.25) is 4.90 Å². The van der Waals surface area contributed by atoms with E-state index in [1.807, 2.05) is 0 Å². The Morgan fingerprint density at radius 2 is 1.74 bits per heavy atom. The molecule has 2 atom stereocenters. The Morgan fingerprint density at radius 1 is 1.00 bits per heavy atom. The third-order valence-electron chi connectivity index (χ3n) is 6.04. The van der Waals surface area contributed by atoms with Crippen LogP contribution in [-0.2, 0) is 4.74 Å². The molecule has 0 rings (SSSR count). The second kappa shape index (κ2) is 16.8. The Kier molecular flexibility index (Phi) is 16.7. The Bertz CT molecular complexity index is 320. The van der Waals surface area contributed by atoms with Crippen LogP contribution in [0.1, 0.15) is 86.0 Å². The van der Waals surface area contributed by atoms with E-state index in [0.717, 1.165) is 45.3 Å². The summed E-state index contributed by atoms with van der Waals surface area (Å²) in [7, 11) is 0. The Hall–Kier alpha value is -0.160. The highest BCUT2D eigenvalue weighted by Gasteiger charge is 2.26. The van der Waals surface area contributed by atoms with Gasteiger partial charge < -0.3 is 15.6 Å². The maximum absolute atomic E-state index is 9.25. The summed E-state index contributed by atoms with van der Waals surface area (Å²) in [6.07, 6.45) is 9.84. The maximum atomic E-state index is 9.25. The van der Waals surface area contributed by atoms with E-state index >= 15 is 0 Å². The topological polar surface area (TPSA) is 58.7 Å². The number of aliphatic hydroxyl groups excluding tert-OH is 1. The zero-order valence-electron chi connectivity index (χ0n) is 19.1. The number of unbranched alkanes of at least 4 members (excludes halogenated alkanes) is 1. The molecule has 0 heterocycles. The first-order valence-corrected chi connectivity index (χ1v) is 11.5. The number of hydrogen-bond donors (Lipinski definition) is 2. The third kappa shape index (κ3) is 13.6. The summed E-state index contributed by atoms with van der Waals surface area (Å²) in [6, 6.07) is 0. The van der Waals surface area contributed by atoms with Gasteiger partial charge in [-0.25, -0.2) is 0 Å². The summed E-state index contributed by atoms with van der Waals surface area (Å²) in [5.41, 5.74) is 6.46. The molecule has 0 spiro atoms. The number of hydrogen-bond acceptors (Lipinski definition) is 4. The van der Waals surface area contributed by atoms with Crippen LogP contribution in [0.2, 0.25) is 0 Å². The monoisotopic (exact) mass is 386 g/mol. The molecule has 0 aromatic heterocycles. The Morgan fingerprint density at radius 3 is 2.30 bits per heavy atom. The molecule has 4 nitrogen and oxygen atoms in total. The lowest BCUT2D eigenvalue weighted by Crippen LogP contribution is -2.32. The van der Waals surface area contributed by atoms with Gasteiger partial charge in [-0.15, -0.1) is 0 Å². The fraction of sp³-hybridized carbons (Fsp3) is 1.00. The van der Waals surface area contributed by atoms with Crippen LogP contribution in [0.15, 0.2) is 0 Å². The zero-order chi connectivity index (χ0) is 20.5. The molecule has 0 aliphatic rings. The fourth-order valence-electron chi connectivity index (χ4n) is 3.69. The van der Waals surface area contributed by atoms with E-state index in [1.165, 1.54) is 51.4 Å².